The van der Waals surface area contributed by atoms with Crippen LogP contribution in [0.4, 0.5) is 39.5 Å². The number of hydrogen-bond donors (Lipinski definition) is 1. The van der Waals surface area contributed by atoms with E-state index in [0.717, 1.165) is 0 Å². The molecule has 1 rings (SSSR count). The molecular weight excluding hydrogens is 507 g/mol. The van der Waals surface area contributed by atoms with E-state index in [9.17, 15) is 49.4 Å². The molecule has 36 heavy (non-hydrogen) atoms. The molecule has 2 unspecified atom stereocenters. The lowest BCUT2D eigenvalue weighted by Crippen LogP contribution is -2.63. The minimum atomic E-state index is -6.07. The van der Waals surface area contributed by atoms with Crippen LogP contribution in [0.1, 0.15) is 87.5 Å². The fourth-order valence-electron chi connectivity index (χ4n) is 5.07. The van der Waals surface area contributed by atoms with Crippen molar-refractivity contribution < 1.29 is 54.2 Å². The first-order valence-electron chi connectivity index (χ1n) is 11.7. The van der Waals surface area contributed by atoms with Crippen molar-refractivity contribution in [2.45, 2.75) is 117 Å². The first-order valence-corrected chi connectivity index (χ1v) is 11.7. The lowest BCUT2D eigenvalue weighted by atomic mass is 9.61. The van der Waals surface area contributed by atoms with Gasteiger partial charge in [-0.3, -0.25) is 4.79 Å². The van der Waals surface area contributed by atoms with Crippen molar-refractivity contribution in [1.82, 2.24) is 0 Å². The number of alkyl halides is 9. The molecule has 0 saturated heterocycles. The van der Waals surface area contributed by atoms with Crippen LogP contribution in [0.2, 0.25) is 0 Å². The van der Waals surface area contributed by atoms with Gasteiger partial charge in [-0.25, -0.2) is 0 Å². The average molecular weight is 545 g/mol. The van der Waals surface area contributed by atoms with E-state index in [1.54, 1.807) is 41.5 Å². The lowest BCUT2D eigenvalue weighted by molar-refractivity contribution is -0.388. The number of halogens is 9. The Morgan fingerprint density at radius 2 is 1.06 bits per heavy atom. The van der Waals surface area contributed by atoms with E-state index in [2.05, 4.69) is 0 Å². The number of rotatable bonds is 5. The van der Waals surface area contributed by atoms with Gasteiger partial charge in [-0.2, -0.15) is 39.5 Å². The van der Waals surface area contributed by atoms with Crippen molar-refractivity contribution in [2.75, 3.05) is 0 Å². The summed E-state index contributed by atoms with van der Waals surface area (Å²) in [6, 6.07) is 0. The van der Waals surface area contributed by atoms with Crippen LogP contribution in [0.25, 0.3) is 0 Å². The van der Waals surface area contributed by atoms with Crippen molar-refractivity contribution in [3.8, 4) is 0 Å². The zero-order valence-corrected chi connectivity index (χ0v) is 21.9. The average Bonchev–Trinajstić information content (AvgIpc) is 2.62. The summed E-state index contributed by atoms with van der Waals surface area (Å²) in [4.78, 5) is 13.3. The SMILES string of the molecule is CC(C)(C)CC(C)(C(=O)OC(C)(C1CCC(C(O)(C(F)(F)F)C(F)(F)F)CC1)C(F)(F)F)C(C)(C)C. The number of hydrogen-bond acceptors (Lipinski definition) is 3. The quantitative estimate of drug-likeness (QED) is 0.282. The third-order valence-electron chi connectivity index (χ3n) is 7.82. The van der Waals surface area contributed by atoms with Gasteiger partial charge < -0.3 is 9.84 Å². The Bertz CT molecular complexity index is 765. The summed E-state index contributed by atoms with van der Waals surface area (Å²) in [6.45, 7) is 12.5. The molecule has 3 nitrogen and oxygen atoms in total. The molecule has 214 valence electrons. The van der Waals surface area contributed by atoms with E-state index in [4.69, 9.17) is 4.74 Å². The Morgan fingerprint density at radius 1 is 0.694 bits per heavy atom. The number of carbonyl (C=O) groups excluding carboxylic acids is 1. The van der Waals surface area contributed by atoms with Crippen LogP contribution in [-0.4, -0.2) is 40.8 Å². The molecule has 0 radical (unpaired) electrons. The third-order valence-corrected chi connectivity index (χ3v) is 7.82. The molecule has 0 aromatic heterocycles. The maximum absolute atomic E-state index is 14.3. The van der Waals surface area contributed by atoms with Gasteiger partial charge in [0, 0.05) is 11.8 Å². The Hall–Kier alpha value is -1.20. The van der Waals surface area contributed by atoms with Crippen molar-refractivity contribution in [1.29, 1.82) is 0 Å². The highest BCUT2D eigenvalue weighted by Gasteiger charge is 2.74. The fourth-order valence-corrected chi connectivity index (χ4v) is 5.07. The van der Waals surface area contributed by atoms with Crippen LogP contribution < -0.4 is 0 Å². The number of ether oxygens (including phenoxy) is 1. The maximum atomic E-state index is 14.3. The summed E-state index contributed by atoms with van der Waals surface area (Å²) in [5, 5.41) is 9.65. The van der Waals surface area contributed by atoms with Crippen molar-refractivity contribution >= 4 is 5.97 Å². The topological polar surface area (TPSA) is 46.5 Å². The Kier molecular flexibility index (Phi) is 8.68. The molecule has 0 bridgehead atoms. The summed E-state index contributed by atoms with van der Waals surface area (Å²) in [5.74, 6) is -5.13. The molecular formula is C24H37F9O3. The van der Waals surface area contributed by atoms with Gasteiger partial charge in [0.2, 0.25) is 5.60 Å². The van der Waals surface area contributed by atoms with Gasteiger partial charge in [0.05, 0.1) is 5.41 Å². The van der Waals surface area contributed by atoms with E-state index < -0.39 is 89.5 Å². The van der Waals surface area contributed by atoms with Crippen LogP contribution in [0.15, 0.2) is 0 Å². The second-order valence-corrected chi connectivity index (χ2v) is 12.6. The monoisotopic (exact) mass is 544 g/mol. The predicted octanol–water partition coefficient (Wildman–Crippen LogP) is 8.00. The van der Waals surface area contributed by atoms with Crippen molar-refractivity contribution in [2.24, 2.45) is 28.1 Å². The Morgan fingerprint density at radius 3 is 1.33 bits per heavy atom. The summed E-state index contributed by atoms with van der Waals surface area (Å²) in [5.41, 5.74) is -10.9. The second kappa shape index (κ2) is 9.52. The van der Waals surface area contributed by atoms with Crippen molar-refractivity contribution in [3.63, 3.8) is 0 Å². The van der Waals surface area contributed by atoms with E-state index in [-0.39, 0.29) is 6.42 Å². The second-order valence-electron chi connectivity index (χ2n) is 12.6. The summed E-state index contributed by atoms with van der Waals surface area (Å²) in [7, 11) is 0. The van der Waals surface area contributed by atoms with Crippen LogP contribution in [0.5, 0.6) is 0 Å². The van der Waals surface area contributed by atoms with Gasteiger partial charge in [-0.15, -0.1) is 0 Å². The smallest absolute Gasteiger partial charge is 0.428 e. The summed E-state index contributed by atoms with van der Waals surface area (Å²) in [6.07, 6.45) is -20.6. The van der Waals surface area contributed by atoms with E-state index in [1.807, 2.05) is 0 Å². The van der Waals surface area contributed by atoms with Crippen LogP contribution in [-0.2, 0) is 9.53 Å². The first-order chi connectivity index (χ1) is 15.5. The molecule has 1 fully saturated rings. The molecule has 0 aliphatic heterocycles. The standard InChI is InChI=1S/C24H37F9O3/c1-17(2,3)13-19(7,18(4,5)6)16(34)36-20(8,22(25,26)27)14-9-11-15(12-10-14)21(35,23(28,29)30)24(31,32)33/h14-15,35H,9-13H2,1-8H3. The summed E-state index contributed by atoms with van der Waals surface area (Å²) >= 11 is 0. The molecule has 1 aliphatic carbocycles. The molecule has 0 spiro atoms. The molecule has 0 aromatic carbocycles. The third kappa shape index (κ3) is 6.09. The highest BCUT2D eigenvalue weighted by atomic mass is 19.4. The Labute approximate surface area is 206 Å². The molecule has 1 saturated carbocycles. The van der Waals surface area contributed by atoms with Gasteiger partial charge in [0.1, 0.15) is 0 Å². The van der Waals surface area contributed by atoms with Crippen LogP contribution in [0.3, 0.4) is 0 Å². The summed E-state index contributed by atoms with van der Waals surface area (Å²) < 4.78 is 127. The molecule has 0 amide bonds. The Balaban J connectivity index is 3.35. The number of aliphatic hydroxyl groups is 1. The normalized spacial score (nSPS) is 24.6. The highest BCUT2D eigenvalue weighted by molar-refractivity contribution is 5.78. The largest absolute Gasteiger partial charge is 0.449 e. The van der Waals surface area contributed by atoms with E-state index in [1.165, 1.54) is 6.92 Å². The maximum Gasteiger partial charge on any atom is 0.428 e. The van der Waals surface area contributed by atoms with Gasteiger partial charge >= 0.3 is 24.5 Å². The fraction of sp³-hybridized carbons (Fsp3) is 0.958. The molecule has 0 heterocycles. The van der Waals surface area contributed by atoms with Gasteiger partial charge in [-0.1, -0.05) is 41.5 Å². The highest BCUT2D eigenvalue weighted by Crippen LogP contribution is 2.56. The number of carbonyl (C=O) groups is 1. The lowest BCUT2D eigenvalue weighted by Gasteiger charge is -2.48. The zero-order chi connectivity index (χ0) is 29.0. The minimum Gasteiger partial charge on any atom is -0.449 e. The van der Waals surface area contributed by atoms with Gasteiger partial charge in [0.25, 0.3) is 5.60 Å². The first kappa shape index (κ1) is 32.8. The minimum absolute atomic E-state index is 0.160. The molecule has 0 aromatic rings. The number of esters is 1. The molecule has 2 atom stereocenters. The molecule has 12 heteroatoms. The molecule has 1 N–H and O–H groups in total. The van der Waals surface area contributed by atoms with Crippen molar-refractivity contribution in [3.05, 3.63) is 0 Å². The van der Waals surface area contributed by atoms with Crippen LogP contribution >= 0.6 is 0 Å². The zero-order valence-electron chi connectivity index (χ0n) is 21.9. The van der Waals surface area contributed by atoms with Gasteiger partial charge in [-0.05, 0) is 56.8 Å². The predicted molar refractivity (Wildman–Crippen MR) is 115 cm³/mol. The van der Waals surface area contributed by atoms with Gasteiger partial charge in [0.15, 0.2) is 0 Å². The van der Waals surface area contributed by atoms with E-state index in [0.29, 0.717) is 6.92 Å². The van der Waals surface area contributed by atoms with Crippen LogP contribution in [0, 0.1) is 28.1 Å². The molecule has 1 aliphatic rings. The van der Waals surface area contributed by atoms with E-state index >= 15 is 0 Å².